The summed E-state index contributed by atoms with van der Waals surface area (Å²) in [5, 5.41) is 0. The Morgan fingerprint density at radius 3 is 2.23 bits per heavy atom. The number of rotatable bonds is 5. The van der Waals surface area contributed by atoms with E-state index in [9.17, 15) is 13.2 Å². The van der Waals surface area contributed by atoms with Gasteiger partial charge in [-0.3, -0.25) is 9.10 Å². The van der Waals surface area contributed by atoms with Crippen LogP contribution in [-0.2, 0) is 14.8 Å². The average molecular weight is 326 g/mol. The van der Waals surface area contributed by atoms with Crippen molar-refractivity contribution in [1.29, 1.82) is 0 Å². The monoisotopic (exact) mass is 326 g/mol. The highest BCUT2D eigenvalue weighted by molar-refractivity contribution is 7.92. The number of amides is 1. The van der Waals surface area contributed by atoms with Gasteiger partial charge >= 0.3 is 0 Å². The lowest BCUT2D eigenvalue weighted by molar-refractivity contribution is -0.130. The van der Waals surface area contributed by atoms with E-state index in [1.807, 2.05) is 0 Å². The highest BCUT2D eigenvalue weighted by Gasteiger charge is 2.32. The molecule has 1 aromatic carbocycles. The molecule has 0 aliphatic carbocycles. The van der Waals surface area contributed by atoms with Crippen LogP contribution in [0.5, 0.6) is 5.75 Å². The molecule has 1 fully saturated rings. The molecule has 0 bridgehead atoms. The summed E-state index contributed by atoms with van der Waals surface area (Å²) in [6, 6.07) is 5.89. The van der Waals surface area contributed by atoms with E-state index < -0.39 is 16.1 Å². The normalized spacial score (nSPS) is 16.4. The quantitative estimate of drug-likeness (QED) is 0.822. The molecule has 0 spiro atoms. The van der Waals surface area contributed by atoms with E-state index >= 15 is 0 Å². The number of anilines is 1. The van der Waals surface area contributed by atoms with Crippen LogP contribution in [0.1, 0.15) is 19.8 Å². The van der Waals surface area contributed by atoms with E-state index in [1.165, 1.54) is 4.31 Å². The van der Waals surface area contributed by atoms with E-state index in [0.717, 1.165) is 19.1 Å². The van der Waals surface area contributed by atoms with Crippen LogP contribution in [0.15, 0.2) is 24.3 Å². The van der Waals surface area contributed by atoms with Crippen molar-refractivity contribution in [2.75, 3.05) is 30.8 Å². The van der Waals surface area contributed by atoms with Crippen LogP contribution in [0.25, 0.3) is 0 Å². The third-order valence-corrected chi connectivity index (χ3v) is 5.05. The van der Waals surface area contributed by atoms with Gasteiger partial charge in [0.25, 0.3) is 0 Å². The van der Waals surface area contributed by atoms with Crippen molar-refractivity contribution in [1.82, 2.24) is 4.90 Å². The van der Waals surface area contributed by atoms with Gasteiger partial charge in [0.1, 0.15) is 11.8 Å². The summed E-state index contributed by atoms with van der Waals surface area (Å²) in [7, 11) is -2.02. The first-order valence-corrected chi connectivity index (χ1v) is 9.11. The van der Waals surface area contributed by atoms with Crippen molar-refractivity contribution < 1.29 is 17.9 Å². The molecule has 2 rings (SSSR count). The van der Waals surface area contributed by atoms with Gasteiger partial charge in [-0.1, -0.05) is 0 Å². The zero-order valence-corrected chi connectivity index (χ0v) is 14.0. The summed E-state index contributed by atoms with van der Waals surface area (Å²) in [6.07, 6.45) is 3.06. The van der Waals surface area contributed by atoms with Crippen molar-refractivity contribution in [2.24, 2.45) is 0 Å². The van der Waals surface area contributed by atoms with Crippen molar-refractivity contribution in [3.63, 3.8) is 0 Å². The molecular weight excluding hydrogens is 304 g/mol. The number of hydrogen-bond acceptors (Lipinski definition) is 4. The number of nitrogens with zero attached hydrogens (tertiary/aromatic N) is 2. The molecule has 0 saturated carbocycles. The molecule has 0 aromatic heterocycles. The maximum absolute atomic E-state index is 12.5. The third kappa shape index (κ3) is 3.52. The van der Waals surface area contributed by atoms with E-state index in [2.05, 4.69) is 0 Å². The van der Waals surface area contributed by atoms with Gasteiger partial charge in [0.2, 0.25) is 15.9 Å². The van der Waals surface area contributed by atoms with E-state index in [0.29, 0.717) is 24.5 Å². The summed E-state index contributed by atoms with van der Waals surface area (Å²) in [5.74, 6) is 0.481. The predicted molar refractivity (Wildman–Crippen MR) is 85.6 cm³/mol. The molecule has 0 unspecified atom stereocenters. The Morgan fingerprint density at radius 2 is 1.77 bits per heavy atom. The molecule has 1 heterocycles. The van der Waals surface area contributed by atoms with Gasteiger partial charge < -0.3 is 9.64 Å². The summed E-state index contributed by atoms with van der Waals surface area (Å²) in [6.45, 7) is 3.03. The summed E-state index contributed by atoms with van der Waals surface area (Å²) in [4.78, 5) is 14.3. The Kier molecular flexibility index (Phi) is 4.95. The number of likely N-dealkylation sites (tertiary alicyclic amines) is 1. The van der Waals surface area contributed by atoms with Crippen LogP contribution in [0.3, 0.4) is 0 Å². The van der Waals surface area contributed by atoms with Gasteiger partial charge in [0.15, 0.2) is 0 Å². The summed E-state index contributed by atoms with van der Waals surface area (Å²) in [5.41, 5.74) is 0.461. The first kappa shape index (κ1) is 16.6. The van der Waals surface area contributed by atoms with Crippen molar-refractivity contribution >= 4 is 21.6 Å². The minimum absolute atomic E-state index is 0.154. The van der Waals surface area contributed by atoms with Gasteiger partial charge in [0, 0.05) is 13.1 Å². The molecule has 1 atom stereocenters. The molecule has 1 aromatic rings. The number of sulfonamides is 1. The Hall–Kier alpha value is -1.76. The topological polar surface area (TPSA) is 66.9 Å². The second-order valence-corrected chi connectivity index (χ2v) is 7.32. The zero-order valence-electron chi connectivity index (χ0n) is 13.2. The third-order valence-electron chi connectivity index (χ3n) is 3.81. The number of methoxy groups -OCH3 is 1. The fourth-order valence-electron chi connectivity index (χ4n) is 2.73. The molecule has 7 heteroatoms. The van der Waals surface area contributed by atoms with Gasteiger partial charge in [-0.15, -0.1) is 0 Å². The van der Waals surface area contributed by atoms with E-state index in [1.54, 1.807) is 43.2 Å². The Morgan fingerprint density at radius 1 is 1.23 bits per heavy atom. The summed E-state index contributed by atoms with van der Waals surface area (Å²) >= 11 is 0. The standard InChI is InChI=1S/C15H22N2O4S/c1-12(15(18)16-10-4-5-11-16)17(22(3,19)20)13-6-8-14(21-2)9-7-13/h6-9,12H,4-5,10-11H2,1-3H3/t12-/m1/s1. The van der Waals surface area contributed by atoms with Crippen molar-refractivity contribution in [3.05, 3.63) is 24.3 Å². The lowest BCUT2D eigenvalue weighted by atomic mass is 10.2. The molecule has 1 aliphatic heterocycles. The Bertz CT molecular complexity index is 621. The maximum atomic E-state index is 12.5. The van der Waals surface area contributed by atoms with Crippen LogP contribution in [0.4, 0.5) is 5.69 Å². The fraction of sp³-hybridized carbons (Fsp3) is 0.533. The molecule has 1 saturated heterocycles. The zero-order chi connectivity index (χ0) is 16.3. The molecule has 22 heavy (non-hydrogen) atoms. The number of hydrogen-bond donors (Lipinski definition) is 0. The average Bonchev–Trinajstić information content (AvgIpc) is 3.00. The molecule has 0 N–H and O–H groups in total. The molecule has 1 amide bonds. The smallest absolute Gasteiger partial charge is 0.246 e. The molecule has 1 aliphatic rings. The summed E-state index contributed by atoms with van der Waals surface area (Å²) < 4.78 is 30.6. The molecule has 0 radical (unpaired) electrons. The van der Waals surface area contributed by atoms with Crippen LogP contribution in [-0.4, -0.2) is 51.7 Å². The van der Waals surface area contributed by atoms with Gasteiger partial charge in [-0.05, 0) is 44.0 Å². The Labute approximate surface area is 131 Å². The minimum Gasteiger partial charge on any atom is -0.497 e. The lowest BCUT2D eigenvalue weighted by Gasteiger charge is -2.31. The SMILES string of the molecule is COc1ccc(N([C@H](C)C(=O)N2CCCC2)S(C)(=O)=O)cc1. The van der Waals surface area contributed by atoms with Crippen LogP contribution >= 0.6 is 0 Å². The highest BCUT2D eigenvalue weighted by Crippen LogP contribution is 2.25. The van der Waals surface area contributed by atoms with Crippen LogP contribution in [0.2, 0.25) is 0 Å². The fourth-order valence-corrected chi connectivity index (χ4v) is 3.90. The second kappa shape index (κ2) is 6.56. The minimum atomic E-state index is -3.57. The largest absolute Gasteiger partial charge is 0.497 e. The predicted octanol–water partition coefficient (Wildman–Crippen LogP) is 1.47. The highest BCUT2D eigenvalue weighted by atomic mass is 32.2. The van der Waals surface area contributed by atoms with Gasteiger partial charge in [-0.25, -0.2) is 8.42 Å². The number of benzene rings is 1. The lowest BCUT2D eigenvalue weighted by Crippen LogP contribution is -2.48. The number of carbonyl (C=O) groups excluding carboxylic acids is 1. The molecular formula is C15H22N2O4S. The van der Waals surface area contributed by atoms with Gasteiger partial charge in [-0.2, -0.15) is 0 Å². The number of carbonyl (C=O) groups is 1. The molecule has 122 valence electrons. The van der Waals surface area contributed by atoms with Crippen LogP contribution < -0.4 is 9.04 Å². The number of ether oxygens (including phenoxy) is 1. The van der Waals surface area contributed by atoms with Crippen LogP contribution in [0, 0.1) is 0 Å². The second-order valence-electron chi connectivity index (χ2n) is 5.47. The van der Waals surface area contributed by atoms with Gasteiger partial charge in [0.05, 0.1) is 19.1 Å². The first-order chi connectivity index (χ1) is 10.3. The molecule has 6 nitrogen and oxygen atoms in total. The van der Waals surface area contributed by atoms with E-state index in [-0.39, 0.29) is 5.91 Å². The maximum Gasteiger partial charge on any atom is 0.246 e. The first-order valence-electron chi connectivity index (χ1n) is 7.27. The van der Waals surface area contributed by atoms with E-state index in [4.69, 9.17) is 4.74 Å². The van der Waals surface area contributed by atoms with Crippen molar-refractivity contribution in [3.8, 4) is 5.75 Å². The Balaban J connectivity index is 2.30. The van der Waals surface area contributed by atoms with Crippen molar-refractivity contribution in [2.45, 2.75) is 25.8 Å².